The smallest absolute Gasteiger partial charge is 0.307 e. The SMILES string of the molecule is O=C(O)Cc1ccc2c(c1)C=c1ccccc1=CN2. The Hall–Kier alpha value is -2.55. The summed E-state index contributed by atoms with van der Waals surface area (Å²) in [6.07, 6.45) is 4.09. The van der Waals surface area contributed by atoms with Gasteiger partial charge in [-0.2, -0.15) is 0 Å². The van der Waals surface area contributed by atoms with Crippen molar-refractivity contribution in [3.63, 3.8) is 0 Å². The summed E-state index contributed by atoms with van der Waals surface area (Å²) < 4.78 is 0. The van der Waals surface area contributed by atoms with Gasteiger partial charge in [0.15, 0.2) is 0 Å². The van der Waals surface area contributed by atoms with Gasteiger partial charge in [0.25, 0.3) is 0 Å². The molecule has 0 atom stereocenters. The summed E-state index contributed by atoms with van der Waals surface area (Å²) in [6.45, 7) is 0. The third-order valence-electron chi connectivity index (χ3n) is 3.16. The molecule has 0 aliphatic carbocycles. The van der Waals surface area contributed by atoms with E-state index in [-0.39, 0.29) is 6.42 Å². The van der Waals surface area contributed by atoms with Gasteiger partial charge in [0.05, 0.1) is 6.42 Å². The summed E-state index contributed by atoms with van der Waals surface area (Å²) in [6, 6.07) is 13.8. The van der Waals surface area contributed by atoms with Gasteiger partial charge in [0.2, 0.25) is 0 Å². The van der Waals surface area contributed by atoms with E-state index in [4.69, 9.17) is 5.11 Å². The number of hydrogen-bond donors (Lipinski definition) is 2. The third kappa shape index (κ3) is 2.36. The summed E-state index contributed by atoms with van der Waals surface area (Å²) in [4.78, 5) is 10.8. The fourth-order valence-electron chi connectivity index (χ4n) is 2.24. The minimum atomic E-state index is -0.812. The van der Waals surface area contributed by atoms with Crippen LogP contribution in [0.3, 0.4) is 0 Å². The van der Waals surface area contributed by atoms with Gasteiger partial charge < -0.3 is 10.4 Å². The van der Waals surface area contributed by atoms with Gasteiger partial charge in [0, 0.05) is 11.9 Å². The molecule has 3 nitrogen and oxygen atoms in total. The number of carboxylic acid groups (broad SMARTS) is 1. The van der Waals surface area contributed by atoms with Crippen LogP contribution in [0.1, 0.15) is 11.1 Å². The lowest BCUT2D eigenvalue weighted by atomic mass is 10.1. The largest absolute Gasteiger partial charge is 0.481 e. The Kier molecular flexibility index (Phi) is 2.80. The fourth-order valence-corrected chi connectivity index (χ4v) is 2.24. The number of nitrogens with one attached hydrogen (secondary N) is 1. The highest BCUT2D eigenvalue weighted by molar-refractivity contribution is 5.75. The van der Waals surface area contributed by atoms with Crippen molar-refractivity contribution in [1.29, 1.82) is 0 Å². The molecular weight excluding hydrogens is 238 g/mol. The average molecular weight is 251 g/mol. The molecule has 1 aliphatic rings. The Bertz CT molecular complexity index is 763. The van der Waals surface area contributed by atoms with Gasteiger partial charge in [-0.25, -0.2) is 0 Å². The Morgan fingerprint density at radius 2 is 1.89 bits per heavy atom. The van der Waals surface area contributed by atoms with Gasteiger partial charge in [0.1, 0.15) is 0 Å². The summed E-state index contributed by atoms with van der Waals surface area (Å²) in [5.41, 5.74) is 2.81. The summed E-state index contributed by atoms with van der Waals surface area (Å²) in [5, 5.41) is 14.4. The number of fused-ring (bicyclic) bond motifs is 2. The summed E-state index contributed by atoms with van der Waals surface area (Å²) in [5.74, 6) is -0.812. The lowest BCUT2D eigenvalue weighted by Gasteiger charge is -2.06. The molecule has 0 amide bonds. The number of benzene rings is 2. The average Bonchev–Trinajstić information content (AvgIpc) is 2.56. The van der Waals surface area contributed by atoms with Crippen LogP contribution in [0.25, 0.3) is 12.3 Å². The van der Waals surface area contributed by atoms with E-state index >= 15 is 0 Å². The molecule has 0 saturated heterocycles. The van der Waals surface area contributed by atoms with Crippen LogP contribution < -0.4 is 15.8 Å². The first-order chi connectivity index (χ1) is 9.22. The number of carboxylic acids is 1. The van der Waals surface area contributed by atoms with E-state index in [0.717, 1.165) is 27.3 Å². The molecule has 0 aromatic heterocycles. The highest BCUT2D eigenvalue weighted by Crippen LogP contribution is 2.19. The highest BCUT2D eigenvalue weighted by atomic mass is 16.4. The molecule has 1 heterocycles. The van der Waals surface area contributed by atoms with Gasteiger partial charge in [-0.15, -0.1) is 0 Å². The van der Waals surface area contributed by atoms with E-state index in [1.807, 2.05) is 48.7 Å². The quantitative estimate of drug-likeness (QED) is 0.846. The molecule has 3 heteroatoms. The Morgan fingerprint density at radius 3 is 2.68 bits per heavy atom. The topological polar surface area (TPSA) is 49.3 Å². The van der Waals surface area contributed by atoms with Gasteiger partial charge >= 0.3 is 5.97 Å². The number of aliphatic carboxylic acids is 1. The molecule has 1 aliphatic heterocycles. The monoisotopic (exact) mass is 251 g/mol. The maximum absolute atomic E-state index is 10.8. The maximum Gasteiger partial charge on any atom is 0.307 e. The van der Waals surface area contributed by atoms with Crippen LogP contribution in [-0.4, -0.2) is 11.1 Å². The van der Waals surface area contributed by atoms with E-state index in [1.54, 1.807) is 0 Å². The van der Waals surface area contributed by atoms with Gasteiger partial charge in [-0.1, -0.05) is 30.3 Å². The van der Waals surface area contributed by atoms with E-state index in [0.29, 0.717) is 0 Å². The molecule has 0 bridgehead atoms. The van der Waals surface area contributed by atoms with Crippen molar-refractivity contribution in [2.24, 2.45) is 0 Å². The third-order valence-corrected chi connectivity index (χ3v) is 3.16. The normalized spacial score (nSPS) is 12.0. The van der Waals surface area contributed by atoms with Crippen molar-refractivity contribution in [3.05, 3.63) is 64.0 Å². The molecule has 2 N–H and O–H groups in total. The first-order valence-electron chi connectivity index (χ1n) is 6.10. The first-order valence-corrected chi connectivity index (χ1v) is 6.10. The van der Waals surface area contributed by atoms with Crippen LogP contribution in [0.5, 0.6) is 0 Å². The van der Waals surface area contributed by atoms with E-state index in [2.05, 4.69) is 11.4 Å². The Morgan fingerprint density at radius 1 is 1.11 bits per heavy atom. The molecule has 94 valence electrons. The Labute approximate surface area is 110 Å². The molecular formula is C16H13NO2. The lowest BCUT2D eigenvalue weighted by molar-refractivity contribution is -0.136. The van der Waals surface area contributed by atoms with E-state index in [9.17, 15) is 4.79 Å². The van der Waals surface area contributed by atoms with Crippen molar-refractivity contribution in [3.8, 4) is 0 Å². The predicted octanol–water partition coefficient (Wildman–Crippen LogP) is 1.31. The lowest BCUT2D eigenvalue weighted by Crippen LogP contribution is -2.23. The van der Waals surface area contributed by atoms with Crippen molar-refractivity contribution in [2.45, 2.75) is 6.42 Å². The first kappa shape index (κ1) is 11.5. The highest BCUT2D eigenvalue weighted by Gasteiger charge is 2.06. The maximum atomic E-state index is 10.8. The van der Waals surface area contributed by atoms with Crippen molar-refractivity contribution in [2.75, 3.05) is 5.32 Å². The van der Waals surface area contributed by atoms with Crippen molar-refractivity contribution >= 4 is 23.9 Å². The second kappa shape index (κ2) is 4.61. The molecule has 0 spiro atoms. The van der Waals surface area contributed by atoms with Crippen LogP contribution in [0.15, 0.2) is 42.5 Å². The number of anilines is 1. The zero-order valence-electron chi connectivity index (χ0n) is 10.3. The zero-order chi connectivity index (χ0) is 13.2. The molecule has 2 aromatic carbocycles. The second-order valence-electron chi connectivity index (χ2n) is 4.55. The molecule has 0 fully saturated rings. The van der Waals surface area contributed by atoms with Crippen molar-refractivity contribution in [1.82, 2.24) is 0 Å². The summed E-state index contributed by atoms with van der Waals surface area (Å²) in [7, 11) is 0. The van der Waals surface area contributed by atoms with Crippen LogP contribution in [0.4, 0.5) is 5.69 Å². The molecule has 19 heavy (non-hydrogen) atoms. The molecule has 0 unspecified atom stereocenters. The predicted molar refractivity (Wildman–Crippen MR) is 75.1 cm³/mol. The molecule has 0 radical (unpaired) electrons. The van der Waals surface area contributed by atoms with Gasteiger partial charge in [-0.05, 0) is 39.8 Å². The Balaban J connectivity index is 2.14. The van der Waals surface area contributed by atoms with E-state index < -0.39 is 5.97 Å². The van der Waals surface area contributed by atoms with E-state index in [1.165, 1.54) is 0 Å². The van der Waals surface area contributed by atoms with Crippen LogP contribution in [0, 0.1) is 0 Å². The summed E-state index contributed by atoms with van der Waals surface area (Å²) >= 11 is 0. The fraction of sp³-hybridized carbons (Fsp3) is 0.0625. The molecule has 2 aromatic rings. The van der Waals surface area contributed by atoms with Crippen LogP contribution >= 0.6 is 0 Å². The minimum absolute atomic E-state index is 0.0481. The zero-order valence-corrected chi connectivity index (χ0v) is 10.3. The second-order valence-corrected chi connectivity index (χ2v) is 4.55. The standard InChI is InChI=1S/C16H13NO2/c18-16(19)8-11-5-6-15-14(7-11)9-12-3-1-2-4-13(12)10-17-15/h1-7,9-10,17H,8H2,(H,18,19). The number of hydrogen-bond acceptors (Lipinski definition) is 2. The van der Waals surface area contributed by atoms with Gasteiger partial charge in [-0.3, -0.25) is 4.79 Å². The van der Waals surface area contributed by atoms with Crippen LogP contribution in [0.2, 0.25) is 0 Å². The van der Waals surface area contributed by atoms with Crippen LogP contribution in [-0.2, 0) is 11.2 Å². The number of rotatable bonds is 2. The molecule has 3 rings (SSSR count). The van der Waals surface area contributed by atoms with Crippen molar-refractivity contribution < 1.29 is 9.90 Å². The number of carbonyl (C=O) groups is 1. The minimum Gasteiger partial charge on any atom is -0.481 e. The molecule has 0 saturated carbocycles.